The molecule has 1 aromatic carbocycles. The van der Waals surface area contributed by atoms with Gasteiger partial charge >= 0.3 is 5.97 Å². The van der Waals surface area contributed by atoms with E-state index in [2.05, 4.69) is 55.0 Å². The maximum absolute atomic E-state index is 12.4. The predicted molar refractivity (Wildman–Crippen MR) is 200 cm³/mol. The highest BCUT2D eigenvalue weighted by molar-refractivity contribution is 6.74. The number of morpholine rings is 1. The Balaban J connectivity index is 1.61. The van der Waals surface area contributed by atoms with Crippen LogP contribution in [0, 0.1) is 20.8 Å². The third-order valence-corrected chi connectivity index (χ3v) is 13.7. The van der Waals surface area contributed by atoms with Crippen LogP contribution in [0.1, 0.15) is 58.6 Å². The molecule has 1 aliphatic heterocycles. The van der Waals surface area contributed by atoms with Crippen molar-refractivity contribution >= 4 is 31.7 Å². The van der Waals surface area contributed by atoms with E-state index >= 15 is 0 Å². The molecule has 1 unspecified atom stereocenters. The first-order valence-corrected chi connectivity index (χ1v) is 20.5. The lowest BCUT2D eigenvalue weighted by molar-refractivity contribution is -0.153. The van der Waals surface area contributed by atoms with Crippen LogP contribution in [-0.4, -0.2) is 93.2 Å². The molecule has 1 aliphatic rings. The maximum Gasteiger partial charge on any atom is 0.320 e. The summed E-state index contributed by atoms with van der Waals surface area (Å²) < 4.78 is 29.7. The van der Waals surface area contributed by atoms with Crippen molar-refractivity contribution in [3.8, 4) is 28.4 Å². The van der Waals surface area contributed by atoms with Gasteiger partial charge in [0.1, 0.15) is 29.5 Å². The Morgan fingerprint density at radius 3 is 2.50 bits per heavy atom. The summed E-state index contributed by atoms with van der Waals surface area (Å²) in [5.41, 5.74) is 3.19. The minimum absolute atomic E-state index is 0.0165. The molecule has 1 fully saturated rings. The van der Waals surface area contributed by atoms with E-state index in [1.807, 2.05) is 53.7 Å². The molecule has 14 heteroatoms. The summed E-state index contributed by atoms with van der Waals surface area (Å²) in [6.45, 7) is 25.7. The van der Waals surface area contributed by atoms with Gasteiger partial charge < -0.3 is 39.1 Å². The van der Waals surface area contributed by atoms with Crippen LogP contribution in [0.15, 0.2) is 22.7 Å². The van der Waals surface area contributed by atoms with Crippen LogP contribution in [-0.2, 0) is 18.7 Å². The molecule has 12 nitrogen and oxygen atoms in total. The molecule has 0 saturated carbocycles. The van der Waals surface area contributed by atoms with Gasteiger partial charge in [0.15, 0.2) is 14.1 Å². The number of ether oxygens (including phenoxy) is 3. The van der Waals surface area contributed by atoms with Gasteiger partial charge in [-0.3, -0.25) is 4.79 Å². The zero-order chi connectivity index (χ0) is 36.9. The van der Waals surface area contributed by atoms with E-state index in [4.69, 9.17) is 44.7 Å². The van der Waals surface area contributed by atoms with Gasteiger partial charge in [0.05, 0.1) is 47.8 Å². The molecule has 0 spiro atoms. The standard InChI is InChI=1S/C36H55ClN6O6Si/c1-22-32(31-23(2)43-48-24(31)3)41-34(42-33(22)40-17-25-20-45-15-14-39-25)28-16-26(12-13-29(28)37)46-21-27(49-50(10,11)36(7,8)9)18-38-19-30(44)47-35(4,5)6/h12-13,16,25,27,38-39H,14-15,17-21H2,1-11H3,(H,40,41,42)/t25?,27-/m1/s1. The van der Waals surface area contributed by atoms with Gasteiger partial charge in [0.2, 0.25) is 0 Å². The Bertz CT molecular complexity index is 1590. The highest BCUT2D eigenvalue weighted by Crippen LogP contribution is 2.38. The van der Waals surface area contributed by atoms with Gasteiger partial charge in [0, 0.05) is 36.8 Å². The number of anilines is 1. The predicted octanol–water partition coefficient (Wildman–Crippen LogP) is 6.48. The molecule has 0 aliphatic carbocycles. The molecule has 3 N–H and O–H groups in total. The van der Waals surface area contributed by atoms with Crippen LogP contribution in [0.5, 0.6) is 5.75 Å². The van der Waals surface area contributed by atoms with Crippen molar-refractivity contribution in [3.05, 3.63) is 40.2 Å². The average Bonchev–Trinajstić information content (AvgIpc) is 3.36. The largest absolute Gasteiger partial charge is 0.491 e. The van der Waals surface area contributed by atoms with Gasteiger partial charge in [-0.05, 0) is 77.9 Å². The fraction of sp³-hybridized carbons (Fsp3) is 0.611. The number of halogens is 1. The first-order valence-electron chi connectivity index (χ1n) is 17.2. The quantitative estimate of drug-likeness (QED) is 0.124. The molecule has 2 atom stereocenters. The number of rotatable bonds is 14. The lowest BCUT2D eigenvalue weighted by Gasteiger charge is -2.39. The van der Waals surface area contributed by atoms with Crippen molar-refractivity contribution in [2.75, 3.05) is 51.3 Å². The highest BCUT2D eigenvalue weighted by atomic mass is 35.5. The van der Waals surface area contributed by atoms with E-state index in [9.17, 15) is 4.79 Å². The Morgan fingerprint density at radius 1 is 1.14 bits per heavy atom. The second-order valence-corrected chi connectivity index (χ2v) is 20.5. The second-order valence-electron chi connectivity index (χ2n) is 15.3. The average molecular weight is 731 g/mol. The minimum atomic E-state index is -2.18. The number of aryl methyl sites for hydroxylation is 2. The lowest BCUT2D eigenvalue weighted by atomic mass is 10.0. The van der Waals surface area contributed by atoms with Crippen molar-refractivity contribution in [2.24, 2.45) is 0 Å². The summed E-state index contributed by atoms with van der Waals surface area (Å²) >= 11 is 6.82. The van der Waals surface area contributed by atoms with Gasteiger partial charge in [-0.1, -0.05) is 37.5 Å². The van der Waals surface area contributed by atoms with Crippen LogP contribution >= 0.6 is 11.6 Å². The van der Waals surface area contributed by atoms with Crippen molar-refractivity contribution in [3.63, 3.8) is 0 Å². The second kappa shape index (κ2) is 16.5. The summed E-state index contributed by atoms with van der Waals surface area (Å²) in [7, 11) is -2.18. The van der Waals surface area contributed by atoms with Gasteiger partial charge in [-0.2, -0.15) is 0 Å². The fourth-order valence-electron chi connectivity index (χ4n) is 5.24. The smallest absolute Gasteiger partial charge is 0.320 e. The summed E-state index contributed by atoms with van der Waals surface area (Å²) in [6.07, 6.45) is -0.326. The van der Waals surface area contributed by atoms with E-state index in [1.54, 1.807) is 6.07 Å². The minimum Gasteiger partial charge on any atom is -0.491 e. The fourth-order valence-corrected chi connectivity index (χ4v) is 6.78. The van der Waals surface area contributed by atoms with Crippen molar-refractivity contribution in [1.82, 2.24) is 25.8 Å². The van der Waals surface area contributed by atoms with E-state index < -0.39 is 13.9 Å². The van der Waals surface area contributed by atoms with Crippen molar-refractivity contribution < 1.29 is 28.0 Å². The Labute approximate surface area is 302 Å². The van der Waals surface area contributed by atoms with Gasteiger partial charge in [-0.15, -0.1) is 0 Å². The maximum atomic E-state index is 12.4. The summed E-state index contributed by atoms with van der Waals surface area (Å²) in [6, 6.07) is 5.60. The van der Waals surface area contributed by atoms with E-state index in [0.717, 1.165) is 23.4 Å². The summed E-state index contributed by atoms with van der Waals surface area (Å²) in [4.78, 5) is 22.3. The Kier molecular flexibility index (Phi) is 13.1. The van der Waals surface area contributed by atoms with E-state index in [-0.39, 0.29) is 36.3 Å². The number of aromatic nitrogens is 3. The third-order valence-electron chi connectivity index (χ3n) is 8.87. The molecule has 2 aromatic heterocycles. The first-order chi connectivity index (χ1) is 23.3. The van der Waals surface area contributed by atoms with E-state index in [1.165, 1.54) is 0 Å². The molecule has 0 radical (unpaired) electrons. The number of nitrogens with one attached hydrogen (secondary N) is 3. The molecule has 0 amide bonds. The molecule has 0 bridgehead atoms. The molecule has 1 saturated heterocycles. The molecule has 4 rings (SSSR count). The number of esters is 1. The number of hydrogen-bond donors (Lipinski definition) is 3. The Morgan fingerprint density at radius 2 is 1.88 bits per heavy atom. The van der Waals surface area contributed by atoms with Crippen LogP contribution < -0.4 is 20.7 Å². The zero-order valence-electron chi connectivity index (χ0n) is 31.5. The Hall–Kier alpha value is -3.07. The van der Waals surface area contributed by atoms with Gasteiger partial charge in [0.25, 0.3) is 0 Å². The number of carbonyl (C=O) groups is 1. The normalized spacial score (nSPS) is 16.3. The molecule has 3 heterocycles. The first kappa shape index (κ1) is 39.7. The zero-order valence-corrected chi connectivity index (χ0v) is 33.3. The molecule has 3 aromatic rings. The number of benzene rings is 1. The van der Waals surface area contributed by atoms with Crippen LogP contribution in [0.3, 0.4) is 0 Å². The molecule has 276 valence electrons. The molecular formula is C36H55ClN6O6Si. The monoisotopic (exact) mass is 730 g/mol. The van der Waals surface area contributed by atoms with Crippen molar-refractivity contribution in [2.45, 2.75) is 98.2 Å². The lowest BCUT2D eigenvalue weighted by Crippen LogP contribution is -2.48. The van der Waals surface area contributed by atoms with Crippen LogP contribution in [0.2, 0.25) is 23.2 Å². The molecule has 50 heavy (non-hydrogen) atoms. The van der Waals surface area contributed by atoms with Crippen molar-refractivity contribution in [1.29, 1.82) is 0 Å². The number of nitrogens with zero attached hydrogens (tertiary/aromatic N) is 3. The highest BCUT2D eigenvalue weighted by Gasteiger charge is 2.39. The van der Waals surface area contributed by atoms with Crippen LogP contribution in [0.4, 0.5) is 5.82 Å². The topological polar surface area (TPSA) is 142 Å². The number of carbonyl (C=O) groups excluding carboxylic acids is 1. The van der Waals surface area contributed by atoms with Gasteiger partial charge in [-0.25, -0.2) is 9.97 Å². The molecular weight excluding hydrogens is 676 g/mol. The van der Waals surface area contributed by atoms with E-state index in [0.29, 0.717) is 65.7 Å². The van der Waals surface area contributed by atoms with Crippen LogP contribution in [0.25, 0.3) is 22.6 Å². The third kappa shape index (κ3) is 10.7. The SMILES string of the molecule is Cc1noc(C)c1-c1nc(-c2cc(OC[C@@H](CNCC(=O)OC(C)(C)C)O[Si](C)(C)C(C)(C)C)ccc2Cl)nc(NCC2COCCN2)c1C. The summed E-state index contributed by atoms with van der Waals surface area (Å²) in [5.74, 6) is 2.04. The number of hydrogen-bond acceptors (Lipinski definition) is 12. The summed E-state index contributed by atoms with van der Waals surface area (Å²) in [5, 5.41) is 14.8.